The number of unbranched alkanes of at least 4 members (excludes halogenated alkanes) is 7. The summed E-state index contributed by atoms with van der Waals surface area (Å²) in [5.74, 6) is -1.34. The first-order valence-corrected chi connectivity index (χ1v) is 26.6. The van der Waals surface area contributed by atoms with Crippen LogP contribution in [0, 0.1) is 5.41 Å². The van der Waals surface area contributed by atoms with E-state index < -0.39 is 90.7 Å². The standard InChI is InChI=1S/C37H64N7O18P3S/c1-4-5-6-7-8-9-10-11-12-13-14-15-25(45)20-28(47)66-19-18-39-27(46)16-17-40-35(50)32(49)37(2,3)22-59-65(56,57)62-64(54,55)58-21-26-31(61-63(51,52)53)30(48)36(60-26)44-24-43-29-33(38)41-23-42-34(29)44/h9-10,23-26,30-32,36,45,48-49H,4-8,11-22H2,1-3H3,(H,39,46)(H,40,50)(H,54,55)(H,56,57)(H2,38,41,42)(H2,51,52,53)/p-4/b10-9-/t25-,26+,30+,31+,32-,36+/m0/s1. The van der Waals surface area contributed by atoms with Crippen LogP contribution in [0.15, 0.2) is 24.8 Å². The number of imidazole rings is 1. The van der Waals surface area contributed by atoms with E-state index >= 15 is 0 Å². The predicted molar refractivity (Wildman–Crippen MR) is 230 cm³/mol. The molecule has 0 spiro atoms. The molecule has 29 heteroatoms. The number of aliphatic hydroxyl groups excluding tert-OH is 3. The Morgan fingerprint density at radius 3 is 2.30 bits per heavy atom. The van der Waals surface area contributed by atoms with Gasteiger partial charge in [-0.1, -0.05) is 76.8 Å². The van der Waals surface area contributed by atoms with Crippen molar-refractivity contribution >= 4 is 69.1 Å². The number of thioether (sulfide) groups is 1. The van der Waals surface area contributed by atoms with Crippen molar-refractivity contribution < 1.29 is 85.6 Å². The first kappa shape index (κ1) is 57.6. The third-order valence-corrected chi connectivity index (χ3v) is 13.9. The Hall–Kier alpha value is -2.74. The molecule has 7 N–H and O–H groups in total. The second kappa shape index (κ2) is 27.4. The molecule has 25 nitrogen and oxygen atoms in total. The lowest BCUT2D eigenvalue weighted by molar-refractivity contribution is -0.347. The number of nitrogens with two attached hydrogens (primary N) is 1. The summed E-state index contributed by atoms with van der Waals surface area (Å²) >= 11 is 0.977. The minimum Gasteiger partial charge on any atom is -0.790 e. The quantitative estimate of drug-likeness (QED) is 0.0327. The third kappa shape index (κ3) is 20.5. The minimum atomic E-state index is -5.93. The number of carbonyl (C=O) groups is 3. The average molecular weight is 1020 g/mol. The number of anilines is 1. The maximum Gasteiger partial charge on any atom is 0.274 e. The van der Waals surface area contributed by atoms with E-state index in [1.165, 1.54) is 39.5 Å². The van der Waals surface area contributed by atoms with Gasteiger partial charge in [-0.05, 0) is 32.1 Å². The lowest BCUT2D eigenvalue weighted by atomic mass is 9.87. The van der Waals surface area contributed by atoms with Gasteiger partial charge in [0.25, 0.3) is 15.6 Å². The fraction of sp³-hybridized carbons (Fsp3) is 0.730. The smallest absolute Gasteiger partial charge is 0.274 e. The number of phosphoric acid groups is 3. The van der Waals surface area contributed by atoms with E-state index in [9.17, 15) is 63.0 Å². The molecule has 0 aromatic carbocycles. The van der Waals surface area contributed by atoms with Gasteiger partial charge in [0.15, 0.2) is 22.8 Å². The fourth-order valence-electron chi connectivity index (χ4n) is 6.37. The Labute approximate surface area is 386 Å². The number of aromatic nitrogens is 4. The van der Waals surface area contributed by atoms with Gasteiger partial charge in [-0.3, -0.25) is 28.1 Å². The average Bonchev–Trinajstić information content (AvgIpc) is 3.79. The number of allylic oxidation sites excluding steroid dienone is 2. The van der Waals surface area contributed by atoms with Gasteiger partial charge in [-0.15, -0.1) is 0 Å². The molecule has 1 fully saturated rings. The number of nitrogens with zero attached hydrogens (tertiary/aromatic N) is 4. The van der Waals surface area contributed by atoms with Gasteiger partial charge in [0.2, 0.25) is 11.8 Å². The van der Waals surface area contributed by atoms with Gasteiger partial charge >= 0.3 is 0 Å². The molecule has 2 amide bonds. The molecule has 0 bridgehead atoms. The van der Waals surface area contributed by atoms with E-state index in [1.54, 1.807) is 0 Å². The highest BCUT2D eigenvalue weighted by Crippen LogP contribution is 2.56. The number of rotatable bonds is 32. The number of hydrogen-bond donors (Lipinski definition) is 6. The van der Waals surface area contributed by atoms with Gasteiger partial charge in [0.05, 0.1) is 33.5 Å². The van der Waals surface area contributed by atoms with Crippen LogP contribution in [0.4, 0.5) is 5.82 Å². The van der Waals surface area contributed by atoms with Crippen molar-refractivity contribution in [3.63, 3.8) is 0 Å². The number of phosphoric ester groups is 3. The summed E-state index contributed by atoms with van der Waals surface area (Å²) in [6, 6.07) is 0. The summed E-state index contributed by atoms with van der Waals surface area (Å²) in [7, 11) is -17.6. The van der Waals surface area contributed by atoms with Crippen molar-refractivity contribution in [3.05, 3.63) is 24.8 Å². The molecule has 8 atom stereocenters. The third-order valence-electron chi connectivity index (χ3n) is 9.94. The first-order chi connectivity index (χ1) is 30.9. The van der Waals surface area contributed by atoms with Crippen LogP contribution < -0.4 is 35.9 Å². The number of fused-ring (bicyclic) bond motifs is 1. The Kier molecular flexibility index (Phi) is 23.9. The van der Waals surface area contributed by atoms with E-state index in [1.807, 2.05) is 0 Å². The molecule has 1 saturated heterocycles. The molecule has 3 heterocycles. The molecule has 2 aromatic heterocycles. The van der Waals surface area contributed by atoms with Gasteiger partial charge in [0.1, 0.15) is 36.3 Å². The summed E-state index contributed by atoms with van der Waals surface area (Å²) < 4.78 is 60.7. The number of amides is 2. The van der Waals surface area contributed by atoms with Gasteiger partial charge < -0.3 is 74.1 Å². The van der Waals surface area contributed by atoms with Crippen molar-refractivity contribution in [3.8, 4) is 0 Å². The summed E-state index contributed by atoms with van der Waals surface area (Å²) in [5.41, 5.74) is 4.06. The lowest BCUT2D eigenvalue weighted by Gasteiger charge is -2.36. The van der Waals surface area contributed by atoms with E-state index in [2.05, 4.69) is 62.5 Å². The van der Waals surface area contributed by atoms with Crippen LogP contribution in [-0.2, 0) is 50.7 Å². The zero-order chi connectivity index (χ0) is 49.1. The summed E-state index contributed by atoms with van der Waals surface area (Å²) in [4.78, 5) is 96.8. The van der Waals surface area contributed by atoms with Crippen LogP contribution in [0.2, 0.25) is 0 Å². The Morgan fingerprint density at radius 2 is 1.64 bits per heavy atom. The van der Waals surface area contributed by atoms with Gasteiger partial charge in [-0.25, -0.2) is 19.3 Å². The Bertz CT molecular complexity index is 2040. The summed E-state index contributed by atoms with van der Waals surface area (Å²) in [5, 5.41) is 36.3. The zero-order valence-electron chi connectivity index (χ0n) is 36.9. The molecule has 1 aliphatic heterocycles. The Balaban J connectivity index is 1.34. The number of ether oxygens (including phenoxy) is 1. The van der Waals surface area contributed by atoms with Crippen molar-refractivity contribution in [1.82, 2.24) is 30.2 Å². The highest BCUT2D eigenvalue weighted by atomic mass is 32.2. The second-order valence-electron chi connectivity index (χ2n) is 16.0. The minimum absolute atomic E-state index is 0.00263. The van der Waals surface area contributed by atoms with Crippen LogP contribution in [0.5, 0.6) is 0 Å². The van der Waals surface area contributed by atoms with Gasteiger partial charge in [-0.2, -0.15) is 0 Å². The van der Waals surface area contributed by atoms with Crippen LogP contribution >= 0.6 is 35.2 Å². The maximum atomic E-state index is 12.6. The largest absolute Gasteiger partial charge is 0.790 e. The van der Waals surface area contributed by atoms with Crippen LogP contribution in [0.25, 0.3) is 11.2 Å². The summed E-state index contributed by atoms with van der Waals surface area (Å²) in [6.45, 7) is 2.17. The Morgan fingerprint density at radius 1 is 0.970 bits per heavy atom. The van der Waals surface area contributed by atoms with E-state index in [4.69, 9.17) is 10.5 Å². The molecule has 2 unspecified atom stereocenters. The molecule has 0 saturated carbocycles. The highest BCUT2D eigenvalue weighted by Gasteiger charge is 2.47. The molecular formula is C37H60N7O18P3S-4. The molecule has 376 valence electrons. The fourth-order valence-corrected chi connectivity index (χ4v) is 9.85. The van der Waals surface area contributed by atoms with Crippen LogP contribution in [0.1, 0.15) is 104 Å². The lowest BCUT2D eigenvalue weighted by Crippen LogP contribution is -2.46. The van der Waals surface area contributed by atoms with Crippen molar-refractivity contribution in [2.45, 2.75) is 135 Å². The van der Waals surface area contributed by atoms with Crippen molar-refractivity contribution in [1.29, 1.82) is 0 Å². The number of nitrogens with one attached hydrogen (secondary N) is 2. The number of carbonyl (C=O) groups excluding carboxylic acids is 3. The monoisotopic (exact) mass is 1020 g/mol. The number of hydrogen-bond acceptors (Lipinski definition) is 23. The molecule has 1 aliphatic rings. The van der Waals surface area contributed by atoms with E-state index in [0.717, 1.165) is 61.1 Å². The van der Waals surface area contributed by atoms with E-state index in [-0.39, 0.29) is 53.8 Å². The molecular weight excluding hydrogens is 955 g/mol. The topological polar surface area (TPSA) is 395 Å². The summed E-state index contributed by atoms with van der Waals surface area (Å²) in [6.07, 6.45) is 6.43. The molecule has 2 aromatic rings. The first-order valence-electron chi connectivity index (χ1n) is 21.3. The second-order valence-corrected chi connectivity index (χ2v) is 21.2. The SMILES string of the molecule is CCCCCC/C=C\CCCCC[C@H](O)CC(=O)SCCNC(=O)CCNC(=O)[C@H](O)C(C)(C)COP(=O)([O-])OP(=O)([O-])OC[C@H]1O[C@@H](n2cnc3c(N)ncnc32)[C@H](O)[C@@H]1OP(=O)([O-])[O-]. The van der Waals surface area contributed by atoms with Crippen LogP contribution in [0.3, 0.4) is 0 Å². The van der Waals surface area contributed by atoms with E-state index in [0.29, 0.717) is 6.42 Å². The number of nitrogen functional groups attached to an aromatic ring is 1. The predicted octanol–water partition coefficient (Wildman–Crippen LogP) is 0.365. The molecule has 0 radical (unpaired) electrons. The molecule has 66 heavy (non-hydrogen) atoms. The molecule has 3 rings (SSSR count). The highest BCUT2D eigenvalue weighted by molar-refractivity contribution is 8.13. The number of aliphatic hydroxyl groups is 3. The molecule has 0 aliphatic carbocycles. The maximum absolute atomic E-state index is 12.6. The van der Waals surface area contributed by atoms with Crippen molar-refractivity contribution in [2.24, 2.45) is 5.41 Å². The van der Waals surface area contributed by atoms with Crippen molar-refractivity contribution in [2.75, 3.05) is 37.8 Å². The zero-order valence-corrected chi connectivity index (χ0v) is 40.4. The van der Waals surface area contributed by atoms with Gasteiger partial charge in [0, 0.05) is 37.1 Å². The normalized spacial score (nSPS) is 20.8. The van der Waals surface area contributed by atoms with Crippen LogP contribution in [-0.4, -0.2) is 114 Å².